The molecule has 0 radical (unpaired) electrons. The zero-order chi connectivity index (χ0) is 12.8. The van der Waals surface area contributed by atoms with Gasteiger partial charge in [0.1, 0.15) is 5.75 Å². The minimum Gasteiger partial charge on any atom is -0.479 e. The van der Waals surface area contributed by atoms with Crippen LogP contribution in [0.5, 0.6) is 5.75 Å². The van der Waals surface area contributed by atoms with Crippen molar-refractivity contribution in [2.75, 3.05) is 6.54 Å². The van der Waals surface area contributed by atoms with Crippen LogP contribution in [0.4, 0.5) is 0 Å². The summed E-state index contributed by atoms with van der Waals surface area (Å²) in [7, 11) is 0. The van der Waals surface area contributed by atoms with Gasteiger partial charge in [-0.25, -0.2) is 0 Å². The highest BCUT2D eigenvalue weighted by atomic mass is 35.5. The van der Waals surface area contributed by atoms with Crippen LogP contribution in [0.1, 0.15) is 6.92 Å². The first-order valence-electron chi connectivity index (χ1n) is 5.05. The van der Waals surface area contributed by atoms with Crippen molar-refractivity contribution in [3.05, 3.63) is 40.9 Å². The van der Waals surface area contributed by atoms with Crippen LogP contribution in [0, 0.1) is 0 Å². The third-order valence-electron chi connectivity index (χ3n) is 1.99. The van der Waals surface area contributed by atoms with E-state index in [9.17, 15) is 4.79 Å². The number of amides is 1. The van der Waals surface area contributed by atoms with E-state index in [-0.39, 0.29) is 5.91 Å². The van der Waals surface area contributed by atoms with Crippen molar-refractivity contribution in [2.24, 2.45) is 0 Å². The Morgan fingerprint density at radius 2 is 2.29 bits per heavy atom. The van der Waals surface area contributed by atoms with E-state index in [2.05, 4.69) is 11.9 Å². The second kappa shape index (κ2) is 6.52. The lowest BCUT2D eigenvalue weighted by Gasteiger charge is -2.15. The number of carbonyl (C=O) groups is 1. The second-order valence-electron chi connectivity index (χ2n) is 3.37. The summed E-state index contributed by atoms with van der Waals surface area (Å²) < 4.78 is 5.42. The van der Waals surface area contributed by atoms with E-state index < -0.39 is 6.10 Å². The molecule has 0 saturated heterocycles. The predicted molar refractivity (Wildman–Crippen MR) is 69.8 cm³/mol. The summed E-state index contributed by atoms with van der Waals surface area (Å²) in [6, 6.07) is 4.84. The molecule has 0 saturated carbocycles. The molecule has 0 bridgehead atoms. The summed E-state index contributed by atoms with van der Waals surface area (Å²) in [5.41, 5.74) is 0. The van der Waals surface area contributed by atoms with Gasteiger partial charge in [-0.05, 0) is 25.1 Å². The monoisotopic (exact) mass is 273 g/mol. The van der Waals surface area contributed by atoms with Gasteiger partial charge >= 0.3 is 0 Å². The maximum Gasteiger partial charge on any atom is 0.261 e. The topological polar surface area (TPSA) is 38.3 Å². The molecule has 0 fully saturated rings. The Bertz CT molecular complexity index is 421. The van der Waals surface area contributed by atoms with Gasteiger partial charge in [-0.15, -0.1) is 6.58 Å². The van der Waals surface area contributed by atoms with E-state index in [1.165, 1.54) is 0 Å². The first kappa shape index (κ1) is 13.9. The molecule has 17 heavy (non-hydrogen) atoms. The highest BCUT2D eigenvalue weighted by molar-refractivity contribution is 6.35. The highest BCUT2D eigenvalue weighted by Crippen LogP contribution is 2.28. The molecule has 0 unspecified atom stereocenters. The highest BCUT2D eigenvalue weighted by Gasteiger charge is 2.15. The molecule has 3 nitrogen and oxygen atoms in total. The maximum atomic E-state index is 11.5. The van der Waals surface area contributed by atoms with Gasteiger partial charge in [-0.1, -0.05) is 29.3 Å². The van der Waals surface area contributed by atoms with Gasteiger partial charge in [-0.3, -0.25) is 4.79 Å². The number of hydrogen-bond donors (Lipinski definition) is 1. The number of halogens is 2. The van der Waals surface area contributed by atoms with Crippen LogP contribution < -0.4 is 10.1 Å². The van der Waals surface area contributed by atoms with E-state index in [0.29, 0.717) is 22.3 Å². The van der Waals surface area contributed by atoms with Gasteiger partial charge in [-0.2, -0.15) is 0 Å². The smallest absolute Gasteiger partial charge is 0.261 e. The van der Waals surface area contributed by atoms with Gasteiger partial charge in [0.25, 0.3) is 5.91 Å². The fourth-order valence-electron chi connectivity index (χ4n) is 1.13. The average Bonchev–Trinajstić information content (AvgIpc) is 2.29. The molecule has 1 amide bonds. The Morgan fingerprint density at radius 1 is 1.59 bits per heavy atom. The molecule has 92 valence electrons. The molecule has 5 heteroatoms. The number of benzene rings is 1. The zero-order valence-corrected chi connectivity index (χ0v) is 10.9. The van der Waals surface area contributed by atoms with E-state index in [1.54, 1.807) is 31.2 Å². The molecule has 0 aliphatic rings. The maximum absolute atomic E-state index is 11.5. The number of rotatable bonds is 5. The molecule has 0 spiro atoms. The van der Waals surface area contributed by atoms with Crippen molar-refractivity contribution in [1.82, 2.24) is 5.32 Å². The van der Waals surface area contributed by atoms with Crippen LogP contribution in [0.15, 0.2) is 30.9 Å². The predicted octanol–water partition coefficient (Wildman–Crippen LogP) is 3.06. The zero-order valence-electron chi connectivity index (χ0n) is 9.37. The van der Waals surface area contributed by atoms with Crippen LogP contribution in [0.25, 0.3) is 0 Å². The summed E-state index contributed by atoms with van der Waals surface area (Å²) in [6.45, 7) is 5.55. The number of ether oxygens (including phenoxy) is 1. The van der Waals surface area contributed by atoms with E-state index in [0.717, 1.165) is 0 Å². The molecule has 0 aliphatic carbocycles. The number of carbonyl (C=O) groups excluding carboxylic acids is 1. The Hall–Kier alpha value is -1.19. The molecule has 1 N–H and O–H groups in total. The Balaban J connectivity index is 2.64. The SMILES string of the molecule is C=CCNC(=O)[C@H](C)Oc1ccc(Cl)cc1Cl. The molecular weight excluding hydrogens is 261 g/mol. The summed E-state index contributed by atoms with van der Waals surface area (Å²) in [6.07, 6.45) is 0.966. The fourth-order valence-corrected chi connectivity index (χ4v) is 1.58. The molecule has 0 heterocycles. The van der Waals surface area contributed by atoms with Gasteiger partial charge in [0.05, 0.1) is 5.02 Å². The van der Waals surface area contributed by atoms with Crippen molar-refractivity contribution >= 4 is 29.1 Å². The number of hydrogen-bond acceptors (Lipinski definition) is 2. The van der Waals surface area contributed by atoms with Crippen LogP contribution >= 0.6 is 23.2 Å². The standard InChI is InChI=1S/C12H13Cl2NO2/c1-3-6-15-12(16)8(2)17-11-5-4-9(13)7-10(11)14/h3-5,7-8H,1,6H2,2H3,(H,15,16)/t8-/m0/s1. The van der Waals surface area contributed by atoms with Crippen LogP contribution in [-0.4, -0.2) is 18.6 Å². The third kappa shape index (κ3) is 4.29. The lowest BCUT2D eigenvalue weighted by atomic mass is 10.3. The first-order valence-corrected chi connectivity index (χ1v) is 5.80. The van der Waals surface area contributed by atoms with Gasteiger partial charge in [0.15, 0.2) is 6.10 Å². The van der Waals surface area contributed by atoms with Crippen molar-refractivity contribution in [3.63, 3.8) is 0 Å². The second-order valence-corrected chi connectivity index (χ2v) is 4.21. The van der Waals surface area contributed by atoms with Gasteiger partial charge in [0.2, 0.25) is 0 Å². The summed E-state index contributed by atoms with van der Waals surface area (Å²) in [5, 5.41) is 3.53. The molecule has 1 rings (SSSR count). The molecule has 0 aromatic heterocycles. The van der Waals surface area contributed by atoms with Crippen molar-refractivity contribution in [3.8, 4) is 5.75 Å². The van der Waals surface area contributed by atoms with Gasteiger partial charge < -0.3 is 10.1 Å². The van der Waals surface area contributed by atoms with Crippen LogP contribution in [-0.2, 0) is 4.79 Å². The normalized spacial score (nSPS) is 11.7. The molecule has 1 atom stereocenters. The quantitative estimate of drug-likeness (QED) is 0.838. The molecule has 0 aliphatic heterocycles. The average molecular weight is 274 g/mol. The van der Waals surface area contributed by atoms with E-state index >= 15 is 0 Å². The summed E-state index contributed by atoms with van der Waals surface area (Å²) in [4.78, 5) is 11.5. The van der Waals surface area contributed by atoms with Crippen molar-refractivity contribution in [2.45, 2.75) is 13.0 Å². The van der Waals surface area contributed by atoms with Crippen molar-refractivity contribution in [1.29, 1.82) is 0 Å². The minimum absolute atomic E-state index is 0.226. The molecule has 1 aromatic rings. The van der Waals surface area contributed by atoms with E-state index in [1.807, 2.05) is 0 Å². The Morgan fingerprint density at radius 3 is 2.88 bits per heavy atom. The minimum atomic E-state index is -0.631. The summed E-state index contributed by atoms with van der Waals surface area (Å²) in [5.74, 6) is 0.202. The molecule has 1 aromatic carbocycles. The van der Waals surface area contributed by atoms with Crippen LogP contribution in [0.3, 0.4) is 0 Å². The summed E-state index contributed by atoms with van der Waals surface area (Å²) >= 11 is 11.7. The first-order chi connectivity index (χ1) is 8.04. The lowest BCUT2D eigenvalue weighted by molar-refractivity contribution is -0.127. The van der Waals surface area contributed by atoms with Crippen molar-refractivity contribution < 1.29 is 9.53 Å². The Labute approximate surface area is 110 Å². The fraction of sp³-hybridized carbons (Fsp3) is 0.250. The number of nitrogens with one attached hydrogen (secondary N) is 1. The lowest BCUT2D eigenvalue weighted by Crippen LogP contribution is -2.36. The Kier molecular flexibility index (Phi) is 5.32. The van der Waals surface area contributed by atoms with Gasteiger partial charge in [0, 0.05) is 11.6 Å². The van der Waals surface area contributed by atoms with Crippen LogP contribution in [0.2, 0.25) is 10.0 Å². The third-order valence-corrected chi connectivity index (χ3v) is 2.52. The molecular formula is C12H13Cl2NO2. The van der Waals surface area contributed by atoms with E-state index in [4.69, 9.17) is 27.9 Å². The largest absolute Gasteiger partial charge is 0.479 e.